The first-order valence-corrected chi connectivity index (χ1v) is 7.16. The van der Waals surface area contributed by atoms with Crippen LogP contribution in [0.3, 0.4) is 0 Å². The molecule has 0 fully saturated rings. The maximum Gasteiger partial charge on any atom is 0.0723 e. The van der Waals surface area contributed by atoms with E-state index in [0.29, 0.717) is 19.3 Å². The third kappa shape index (κ3) is 5.65. The summed E-state index contributed by atoms with van der Waals surface area (Å²) in [6.07, 6.45) is 6.72. The molecule has 0 saturated heterocycles. The van der Waals surface area contributed by atoms with Gasteiger partial charge in [0.05, 0.1) is 12.7 Å². The third-order valence-electron chi connectivity index (χ3n) is 3.33. The van der Waals surface area contributed by atoms with Crippen LogP contribution >= 0.6 is 0 Å². The van der Waals surface area contributed by atoms with Gasteiger partial charge in [0.1, 0.15) is 0 Å². The molecule has 0 spiro atoms. The van der Waals surface area contributed by atoms with Crippen molar-refractivity contribution in [2.75, 3.05) is 0 Å². The molecule has 0 heterocycles. The van der Waals surface area contributed by atoms with Crippen molar-refractivity contribution in [3.8, 4) is 0 Å². The van der Waals surface area contributed by atoms with Gasteiger partial charge >= 0.3 is 0 Å². The lowest BCUT2D eigenvalue weighted by atomic mass is 10.1. The molecule has 0 amide bonds. The minimum Gasteiger partial charge on any atom is -0.374 e. The molecule has 0 aliphatic rings. The SMILES string of the molecule is CCCCCCC(C)OCc1ccccc1CN. The molecule has 1 unspecified atom stereocenters. The van der Waals surface area contributed by atoms with Crippen LogP contribution in [0, 0.1) is 0 Å². The van der Waals surface area contributed by atoms with Crippen molar-refractivity contribution in [3.05, 3.63) is 35.4 Å². The summed E-state index contributed by atoms with van der Waals surface area (Å²) in [6, 6.07) is 8.25. The number of nitrogens with two attached hydrogens (primary N) is 1. The second-order valence-electron chi connectivity index (χ2n) is 4.94. The summed E-state index contributed by atoms with van der Waals surface area (Å²) < 4.78 is 5.90. The fourth-order valence-electron chi connectivity index (χ4n) is 2.07. The molecular weight excluding hydrogens is 222 g/mol. The van der Waals surface area contributed by atoms with Crippen LogP contribution in [0.25, 0.3) is 0 Å². The maximum atomic E-state index is 5.90. The monoisotopic (exact) mass is 249 g/mol. The van der Waals surface area contributed by atoms with Crippen molar-refractivity contribution in [1.29, 1.82) is 0 Å². The number of hydrogen-bond donors (Lipinski definition) is 1. The highest BCUT2D eigenvalue weighted by atomic mass is 16.5. The van der Waals surface area contributed by atoms with Gasteiger partial charge in [-0.2, -0.15) is 0 Å². The van der Waals surface area contributed by atoms with Crippen LogP contribution in [0.5, 0.6) is 0 Å². The van der Waals surface area contributed by atoms with E-state index in [-0.39, 0.29) is 0 Å². The zero-order valence-electron chi connectivity index (χ0n) is 11.8. The molecule has 0 radical (unpaired) electrons. The van der Waals surface area contributed by atoms with Gasteiger partial charge in [-0.05, 0) is 24.5 Å². The summed E-state index contributed by atoms with van der Waals surface area (Å²) in [5, 5.41) is 0. The Labute approximate surface area is 112 Å². The van der Waals surface area contributed by atoms with Crippen molar-refractivity contribution in [2.24, 2.45) is 5.73 Å². The summed E-state index contributed by atoms with van der Waals surface area (Å²) in [7, 11) is 0. The van der Waals surface area contributed by atoms with E-state index in [0.717, 1.165) is 6.42 Å². The smallest absolute Gasteiger partial charge is 0.0723 e. The summed E-state index contributed by atoms with van der Waals surface area (Å²) in [6.45, 7) is 5.67. The minimum absolute atomic E-state index is 0.340. The van der Waals surface area contributed by atoms with Crippen LogP contribution in [0.2, 0.25) is 0 Å². The van der Waals surface area contributed by atoms with Gasteiger partial charge in [-0.15, -0.1) is 0 Å². The Hall–Kier alpha value is -0.860. The first-order valence-electron chi connectivity index (χ1n) is 7.16. The van der Waals surface area contributed by atoms with Gasteiger partial charge in [0.15, 0.2) is 0 Å². The van der Waals surface area contributed by atoms with Gasteiger partial charge in [-0.25, -0.2) is 0 Å². The van der Waals surface area contributed by atoms with Gasteiger partial charge in [0.25, 0.3) is 0 Å². The second kappa shape index (κ2) is 9.12. The highest BCUT2D eigenvalue weighted by Crippen LogP contribution is 2.13. The zero-order valence-corrected chi connectivity index (χ0v) is 11.8. The van der Waals surface area contributed by atoms with Crippen molar-refractivity contribution >= 4 is 0 Å². The molecule has 18 heavy (non-hydrogen) atoms. The molecule has 1 atom stereocenters. The molecule has 0 saturated carbocycles. The van der Waals surface area contributed by atoms with Crippen molar-refractivity contribution in [2.45, 2.75) is 65.2 Å². The number of rotatable bonds is 9. The van der Waals surface area contributed by atoms with E-state index >= 15 is 0 Å². The first-order chi connectivity index (χ1) is 8.77. The highest BCUT2D eigenvalue weighted by Gasteiger charge is 2.05. The van der Waals surface area contributed by atoms with E-state index < -0.39 is 0 Å². The van der Waals surface area contributed by atoms with Gasteiger partial charge in [-0.3, -0.25) is 0 Å². The Balaban J connectivity index is 2.26. The molecule has 0 bridgehead atoms. The van der Waals surface area contributed by atoms with E-state index in [9.17, 15) is 0 Å². The Morgan fingerprint density at radius 2 is 1.83 bits per heavy atom. The lowest BCUT2D eigenvalue weighted by molar-refractivity contribution is 0.0455. The maximum absolute atomic E-state index is 5.90. The lowest BCUT2D eigenvalue weighted by Gasteiger charge is -2.14. The standard InChI is InChI=1S/C16H27NO/c1-3-4-5-6-9-14(2)18-13-16-11-8-7-10-15(16)12-17/h7-8,10-11,14H,3-6,9,12-13,17H2,1-2H3. The quantitative estimate of drug-likeness (QED) is 0.671. The number of hydrogen-bond acceptors (Lipinski definition) is 2. The summed E-state index contributed by atoms with van der Waals surface area (Å²) >= 11 is 0. The van der Waals surface area contributed by atoms with E-state index in [1.807, 2.05) is 12.1 Å². The summed E-state index contributed by atoms with van der Waals surface area (Å²) in [4.78, 5) is 0. The molecular formula is C16H27NO. The van der Waals surface area contributed by atoms with Crippen LogP contribution < -0.4 is 5.73 Å². The molecule has 2 nitrogen and oxygen atoms in total. The normalized spacial score (nSPS) is 12.6. The predicted octanol–water partition coefficient (Wildman–Crippen LogP) is 4.02. The molecule has 1 rings (SSSR count). The molecule has 1 aromatic rings. The first kappa shape index (κ1) is 15.2. The molecule has 1 aromatic carbocycles. The predicted molar refractivity (Wildman–Crippen MR) is 77.3 cm³/mol. The van der Waals surface area contributed by atoms with Gasteiger partial charge in [0, 0.05) is 6.54 Å². The van der Waals surface area contributed by atoms with Crippen molar-refractivity contribution in [3.63, 3.8) is 0 Å². The fourth-order valence-corrected chi connectivity index (χ4v) is 2.07. The molecule has 2 N–H and O–H groups in total. The number of benzene rings is 1. The van der Waals surface area contributed by atoms with E-state index in [1.54, 1.807) is 0 Å². The Bertz CT molecular complexity index is 325. The van der Waals surface area contributed by atoms with E-state index in [1.165, 1.54) is 36.8 Å². The molecule has 0 aliphatic carbocycles. The summed E-state index contributed by atoms with van der Waals surface area (Å²) in [5.74, 6) is 0. The lowest BCUT2D eigenvalue weighted by Crippen LogP contribution is -2.10. The fraction of sp³-hybridized carbons (Fsp3) is 0.625. The van der Waals surface area contributed by atoms with Gasteiger partial charge < -0.3 is 10.5 Å². The van der Waals surface area contributed by atoms with Crippen LogP contribution in [0.1, 0.15) is 57.1 Å². The van der Waals surface area contributed by atoms with Crippen molar-refractivity contribution < 1.29 is 4.74 Å². The summed E-state index contributed by atoms with van der Waals surface area (Å²) in [5.41, 5.74) is 8.13. The average molecular weight is 249 g/mol. The van der Waals surface area contributed by atoms with Gasteiger partial charge in [0.2, 0.25) is 0 Å². The minimum atomic E-state index is 0.340. The van der Waals surface area contributed by atoms with Crippen LogP contribution in [-0.2, 0) is 17.9 Å². The molecule has 0 aliphatic heterocycles. The highest BCUT2D eigenvalue weighted by molar-refractivity contribution is 5.26. The third-order valence-corrected chi connectivity index (χ3v) is 3.33. The molecule has 102 valence electrons. The van der Waals surface area contributed by atoms with Crippen LogP contribution in [-0.4, -0.2) is 6.10 Å². The molecule has 2 heteroatoms. The second-order valence-corrected chi connectivity index (χ2v) is 4.94. The molecule has 0 aromatic heterocycles. The topological polar surface area (TPSA) is 35.2 Å². The van der Waals surface area contributed by atoms with E-state index in [2.05, 4.69) is 26.0 Å². The zero-order chi connectivity index (χ0) is 13.2. The van der Waals surface area contributed by atoms with Gasteiger partial charge in [-0.1, -0.05) is 56.9 Å². The van der Waals surface area contributed by atoms with Crippen LogP contribution in [0.15, 0.2) is 24.3 Å². The number of unbranched alkanes of at least 4 members (excludes halogenated alkanes) is 3. The number of ether oxygens (including phenoxy) is 1. The Morgan fingerprint density at radius 1 is 1.11 bits per heavy atom. The Morgan fingerprint density at radius 3 is 2.50 bits per heavy atom. The Kier molecular flexibility index (Phi) is 7.70. The van der Waals surface area contributed by atoms with Crippen LogP contribution in [0.4, 0.5) is 0 Å². The largest absolute Gasteiger partial charge is 0.374 e. The van der Waals surface area contributed by atoms with E-state index in [4.69, 9.17) is 10.5 Å². The van der Waals surface area contributed by atoms with Crippen molar-refractivity contribution in [1.82, 2.24) is 0 Å². The average Bonchev–Trinajstić information content (AvgIpc) is 2.41.